The van der Waals surface area contributed by atoms with Crippen molar-refractivity contribution in [2.75, 3.05) is 7.11 Å². The highest BCUT2D eigenvalue weighted by Gasteiger charge is 2.07. The van der Waals surface area contributed by atoms with Crippen LogP contribution in [0.4, 0.5) is 0 Å². The lowest BCUT2D eigenvalue weighted by Gasteiger charge is -1.98. The Labute approximate surface area is 88.7 Å². The molecule has 0 radical (unpaired) electrons. The predicted octanol–water partition coefficient (Wildman–Crippen LogP) is 1.47. The highest BCUT2D eigenvalue weighted by Crippen LogP contribution is 2.06. The lowest BCUT2D eigenvalue weighted by Crippen LogP contribution is -2.03. The first-order chi connectivity index (χ1) is 7.27. The maximum Gasteiger partial charge on any atom is 0.233 e. The van der Waals surface area contributed by atoms with E-state index in [1.807, 2.05) is 0 Å². The molecule has 0 aliphatic heterocycles. The molecule has 0 saturated heterocycles. The molecular formula is C11H12N2O2. The molecule has 1 aromatic heterocycles. The Kier molecular flexibility index (Phi) is 4.30. The van der Waals surface area contributed by atoms with E-state index in [4.69, 9.17) is 4.74 Å². The highest BCUT2D eigenvalue weighted by molar-refractivity contribution is 5.94. The van der Waals surface area contributed by atoms with Crippen LogP contribution in [-0.2, 0) is 0 Å². The van der Waals surface area contributed by atoms with Crippen molar-refractivity contribution in [1.29, 1.82) is 0 Å². The quantitative estimate of drug-likeness (QED) is 0.550. The summed E-state index contributed by atoms with van der Waals surface area (Å²) in [7, 11) is 1.50. The first kappa shape index (κ1) is 11.2. The average molecular weight is 204 g/mol. The lowest BCUT2D eigenvalue weighted by atomic mass is 10.1. The Hall–Kier alpha value is -1.89. The van der Waals surface area contributed by atoms with E-state index in [1.54, 1.807) is 19.1 Å². The van der Waals surface area contributed by atoms with Gasteiger partial charge in [0.05, 0.1) is 7.11 Å². The number of ether oxygens (including phenoxy) is 1. The summed E-state index contributed by atoms with van der Waals surface area (Å²) < 4.78 is 4.84. The molecule has 0 amide bonds. The number of hydrogen-bond acceptors (Lipinski definition) is 4. The van der Waals surface area contributed by atoms with E-state index >= 15 is 0 Å². The van der Waals surface area contributed by atoms with Gasteiger partial charge in [0.1, 0.15) is 5.69 Å². The molecule has 4 heteroatoms. The Morgan fingerprint density at radius 2 is 2.27 bits per heavy atom. The van der Waals surface area contributed by atoms with Crippen molar-refractivity contribution in [3.05, 3.63) is 17.8 Å². The van der Waals surface area contributed by atoms with Crippen LogP contribution in [0.3, 0.4) is 0 Å². The van der Waals surface area contributed by atoms with Gasteiger partial charge >= 0.3 is 0 Å². The van der Waals surface area contributed by atoms with E-state index in [0.29, 0.717) is 24.4 Å². The van der Waals surface area contributed by atoms with E-state index in [1.165, 1.54) is 7.11 Å². The van der Waals surface area contributed by atoms with Crippen LogP contribution >= 0.6 is 0 Å². The summed E-state index contributed by atoms with van der Waals surface area (Å²) in [6.45, 7) is 1.75. The maximum atomic E-state index is 11.5. The third kappa shape index (κ3) is 3.39. The molecule has 0 aliphatic rings. The summed E-state index contributed by atoms with van der Waals surface area (Å²) >= 11 is 0. The number of carbonyl (C=O) groups excluding carboxylic acids is 1. The number of carbonyl (C=O) groups is 1. The van der Waals surface area contributed by atoms with Gasteiger partial charge in [0, 0.05) is 18.9 Å². The maximum absolute atomic E-state index is 11.5. The lowest BCUT2D eigenvalue weighted by molar-refractivity contribution is 0.0978. The largest absolute Gasteiger partial charge is 0.480 e. The van der Waals surface area contributed by atoms with Crippen molar-refractivity contribution >= 4 is 5.78 Å². The second-order valence-corrected chi connectivity index (χ2v) is 2.81. The summed E-state index contributed by atoms with van der Waals surface area (Å²) in [5.41, 5.74) is 0.355. The molecule has 4 nitrogen and oxygen atoms in total. The molecule has 0 N–H and O–H groups in total. The van der Waals surface area contributed by atoms with Crippen LogP contribution in [-0.4, -0.2) is 23.1 Å². The van der Waals surface area contributed by atoms with Crippen molar-refractivity contribution in [3.8, 4) is 17.7 Å². The van der Waals surface area contributed by atoms with Crippen LogP contribution in [0.2, 0.25) is 0 Å². The monoisotopic (exact) mass is 204 g/mol. The zero-order valence-electron chi connectivity index (χ0n) is 8.78. The van der Waals surface area contributed by atoms with Crippen LogP contribution in [0.15, 0.2) is 12.1 Å². The molecule has 0 fully saturated rings. The van der Waals surface area contributed by atoms with Crippen molar-refractivity contribution < 1.29 is 9.53 Å². The number of hydrogen-bond donors (Lipinski definition) is 0. The van der Waals surface area contributed by atoms with Gasteiger partial charge in [0.15, 0.2) is 5.78 Å². The average Bonchev–Trinajstić information content (AvgIpc) is 2.29. The standard InChI is InChI=1S/C11H12N2O2/c1-3-4-5-6-10(14)9-7-8-11(15-2)13-12-9/h7-8H,5-6H2,1-2H3. The fourth-order valence-electron chi connectivity index (χ4n) is 1.01. The third-order valence-electron chi connectivity index (χ3n) is 1.79. The first-order valence-electron chi connectivity index (χ1n) is 4.58. The summed E-state index contributed by atoms with van der Waals surface area (Å²) in [5, 5.41) is 7.47. The number of rotatable bonds is 4. The summed E-state index contributed by atoms with van der Waals surface area (Å²) in [4.78, 5) is 11.5. The number of ketones is 1. The molecule has 0 aliphatic carbocycles. The van der Waals surface area contributed by atoms with E-state index in [0.717, 1.165) is 0 Å². The van der Waals surface area contributed by atoms with Gasteiger partial charge in [-0.1, -0.05) is 0 Å². The van der Waals surface area contributed by atoms with Gasteiger partial charge in [-0.25, -0.2) is 0 Å². The van der Waals surface area contributed by atoms with Crippen LogP contribution in [0, 0.1) is 11.8 Å². The fraction of sp³-hybridized carbons (Fsp3) is 0.364. The number of Topliss-reactive ketones (excluding diaryl/α,β-unsaturated/α-hetero) is 1. The smallest absolute Gasteiger partial charge is 0.233 e. The van der Waals surface area contributed by atoms with E-state index in [-0.39, 0.29) is 5.78 Å². The first-order valence-corrected chi connectivity index (χ1v) is 4.58. The van der Waals surface area contributed by atoms with Gasteiger partial charge in [-0.05, 0) is 13.0 Å². The molecule has 1 rings (SSSR count). The van der Waals surface area contributed by atoms with Crippen LogP contribution < -0.4 is 4.74 Å². The van der Waals surface area contributed by atoms with Crippen molar-refractivity contribution in [2.24, 2.45) is 0 Å². The molecule has 78 valence electrons. The zero-order valence-corrected chi connectivity index (χ0v) is 8.78. The van der Waals surface area contributed by atoms with Crippen molar-refractivity contribution in [2.45, 2.75) is 19.8 Å². The van der Waals surface area contributed by atoms with Gasteiger partial charge in [-0.2, -0.15) is 0 Å². The molecule has 0 atom stereocenters. The van der Waals surface area contributed by atoms with Gasteiger partial charge in [0.2, 0.25) is 5.88 Å². The molecule has 15 heavy (non-hydrogen) atoms. The number of aromatic nitrogens is 2. The van der Waals surface area contributed by atoms with E-state index in [2.05, 4.69) is 22.0 Å². The molecule has 1 heterocycles. The fourth-order valence-corrected chi connectivity index (χ4v) is 1.01. The molecule has 0 saturated carbocycles. The van der Waals surface area contributed by atoms with Crippen LogP contribution in [0.5, 0.6) is 5.88 Å². The Balaban J connectivity index is 2.60. The highest BCUT2D eigenvalue weighted by atomic mass is 16.5. The summed E-state index contributed by atoms with van der Waals surface area (Å²) in [5.74, 6) is 5.92. The third-order valence-corrected chi connectivity index (χ3v) is 1.79. The van der Waals surface area contributed by atoms with Gasteiger partial charge in [-0.3, -0.25) is 4.79 Å². The second-order valence-electron chi connectivity index (χ2n) is 2.81. The normalized spacial score (nSPS) is 8.93. The Morgan fingerprint density at radius 1 is 1.47 bits per heavy atom. The minimum Gasteiger partial charge on any atom is -0.480 e. The van der Waals surface area contributed by atoms with Crippen LogP contribution in [0.25, 0.3) is 0 Å². The number of nitrogens with zero attached hydrogens (tertiary/aromatic N) is 2. The molecule has 1 aromatic rings. The zero-order chi connectivity index (χ0) is 11.1. The van der Waals surface area contributed by atoms with Gasteiger partial charge in [-0.15, -0.1) is 22.0 Å². The molecule has 0 aromatic carbocycles. The summed E-state index contributed by atoms with van der Waals surface area (Å²) in [6, 6.07) is 3.22. The van der Waals surface area contributed by atoms with Crippen molar-refractivity contribution in [1.82, 2.24) is 10.2 Å². The minimum absolute atomic E-state index is 0.0482. The SMILES string of the molecule is CC#CCCC(=O)c1ccc(OC)nn1. The predicted molar refractivity (Wildman–Crippen MR) is 55.6 cm³/mol. The van der Waals surface area contributed by atoms with Gasteiger partial charge in [0.25, 0.3) is 0 Å². The molecule has 0 spiro atoms. The van der Waals surface area contributed by atoms with Gasteiger partial charge < -0.3 is 4.74 Å². The second kappa shape index (κ2) is 5.76. The molecule has 0 unspecified atom stereocenters. The van der Waals surface area contributed by atoms with Crippen LogP contribution in [0.1, 0.15) is 30.3 Å². The van der Waals surface area contributed by atoms with E-state index in [9.17, 15) is 4.79 Å². The Bertz CT molecular complexity index is 387. The minimum atomic E-state index is -0.0482. The van der Waals surface area contributed by atoms with Crippen molar-refractivity contribution in [3.63, 3.8) is 0 Å². The molecular weight excluding hydrogens is 192 g/mol. The number of methoxy groups -OCH3 is 1. The molecule has 0 bridgehead atoms. The van der Waals surface area contributed by atoms with E-state index < -0.39 is 0 Å². The topological polar surface area (TPSA) is 52.1 Å². The summed E-state index contributed by atoms with van der Waals surface area (Å²) in [6.07, 6.45) is 0.935. The Morgan fingerprint density at radius 3 is 2.80 bits per heavy atom.